The standard InChI is InChI=1S/C15H27N3/c1-13(12-18-8-4-5-9-18)11-17-15-7-3-2-6-14(15)10-16/h13-15,17H,2-9,11-12H2,1H3. The van der Waals surface area contributed by atoms with Crippen molar-refractivity contribution in [1.82, 2.24) is 10.2 Å². The molecule has 2 rings (SSSR count). The molecule has 0 amide bonds. The van der Waals surface area contributed by atoms with Crippen molar-refractivity contribution in [2.75, 3.05) is 26.2 Å². The molecule has 0 aromatic heterocycles. The molecule has 1 aliphatic carbocycles. The topological polar surface area (TPSA) is 39.1 Å². The molecule has 0 aromatic carbocycles. The van der Waals surface area contributed by atoms with Crippen molar-refractivity contribution in [1.29, 1.82) is 5.26 Å². The lowest BCUT2D eigenvalue weighted by Gasteiger charge is -2.29. The number of hydrogen-bond donors (Lipinski definition) is 1. The Kier molecular flexibility index (Phi) is 5.46. The quantitative estimate of drug-likeness (QED) is 0.813. The molecule has 0 aromatic rings. The average Bonchev–Trinajstić information content (AvgIpc) is 2.89. The Morgan fingerprint density at radius 1 is 1.22 bits per heavy atom. The van der Waals surface area contributed by atoms with E-state index in [2.05, 4.69) is 23.2 Å². The van der Waals surface area contributed by atoms with Crippen LogP contribution < -0.4 is 5.32 Å². The minimum Gasteiger partial charge on any atom is -0.312 e. The summed E-state index contributed by atoms with van der Waals surface area (Å²) in [5.74, 6) is 0.946. The number of nitrogens with zero attached hydrogens (tertiary/aromatic N) is 2. The molecular weight excluding hydrogens is 222 g/mol. The van der Waals surface area contributed by atoms with Crippen LogP contribution in [0.25, 0.3) is 0 Å². The van der Waals surface area contributed by atoms with Crippen LogP contribution in [0.4, 0.5) is 0 Å². The Morgan fingerprint density at radius 3 is 2.67 bits per heavy atom. The molecule has 3 heteroatoms. The molecule has 2 fully saturated rings. The summed E-state index contributed by atoms with van der Waals surface area (Å²) in [6, 6.07) is 2.93. The lowest BCUT2D eigenvalue weighted by atomic mass is 9.85. The molecule has 1 N–H and O–H groups in total. The van der Waals surface area contributed by atoms with Gasteiger partial charge in [0.1, 0.15) is 0 Å². The minimum absolute atomic E-state index is 0.248. The Bertz CT molecular complexity index is 278. The second-order valence-electron chi connectivity index (χ2n) is 6.15. The molecule has 1 aliphatic heterocycles. The number of hydrogen-bond acceptors (Lipinski definition) is 3. The minimum atomic E-state index is 0.248. The van der Waals surface area contributed by atoms with Crippen molar-refractivity contribution in [3.05, 3.63) is 0 Å². The highest BCUT2D eigenvalue weighted by atomic mass is 15.1. The molecule has 2 aliphatic rings. The summed E-state index contributed by atoms with van der Waals surface area (Å²) < 4.78 is 0. The Balaban J connectivity index is 1.67. The molecule has 1 saturated carbocycles. The van der Waals surface area contributed by atoms with Crippen molar-refractivity contribution >= 4 is 0 Å². The molecule has 0 radical (unpaired) electrons. The van der Waals surface area contributed by atoms with Crippen LogP contribution in [0.3, 0.4) is 0 Å². The van der Waals surface area contributed by atoms with E-state index in [-0.39, 0.29) is 5.92 Å². The van der Waals surface area contributed by atoms with Gasteiger partial charge in [-0.15, -0.1) is 0 Å². The molecule has 18 heavy (non-hydrogen) atoms. The average molecular weight is 249 g/mol. The summed E-state index contributed by atoms with van der Waals surface area (Å²) in [7, 11) is 0. The molecule has 1 heterocycles. The SMILES string of the molecule is CC(CNC1CCCCC1C#N)CN1CCCC1. The van der Waals surface area contributed by atoms with Crippen LogP contribution in [0.15, 0.2) is 0 Å². The van der Waals surface area contributed by atoms with E-state index >= 15 is 0 Å². The molecule has 0 bridgehead atoms. The first-order valence-corrected chi connectivity index (χ1v) is 7.65. The maximum Gasteiger partial charge on any atom is 0.0672 e. The maximum absolute atomic E-state index is 9.16. The van der Waals surface area contributed by atoms with E-state index in [0.717, 1.165) is 13.0 Å². The van der Waals surface area contributed by atoms with E-state index in [9.17, 15) is 0 Å². The first kappa shape index (κ1) is 13.8. The van der Waals surface area contributed by atoms with Gasteiger partial charge in [0.05, 0.1) is 12.0 Å². The van der Waals surface area contributed by atoms with Crippen molar-refractivity contribution < 1.29 is 0 Å². The van der Waals surface area contributed by atoms with Gasteiger partial charge in [-0.25, -0.2) is 0 Å². The summed E-state index contributed by atoms with van der Waals surface area (Å²) in [4.78, 5) is 2.58. The van der Waals surface area contributed by atoms with Crippen molar-refractivity contribution in [2.24, 2.45) is 11.8 Å². The van der Waals surface area contributed by atoms with Crippen molar-refractivity contribution in [2.45, 2.75) is 51.5 Å². The van der Waals surface area contributed by atoms with Crippen LogP contribution in [0.5, 0.6) is 0 Å². The van der Waals surface area contributed by atoms with Gasteiger partial charge in [0.25, 0.3) is 0 Å². The van der Waals surface area contributed by atoms with E-state index in [1.807, 2.05) is 0 Å². The van der Waals surface area contributed by atoms with Gasteiger partial charge in [-0.05, 0) is 51.2 Å². The van der Waals surface area contributed by atoms with Gasteiger partial charge >= 0.3 is 0 Å². The Hall–Kier alpha value is -0.590. The summed E-state index contributed by atoms with van der Waals surface area (Å²) in [5, 5.41) is 12.8. The zero-order valence-corrected chi connectivity index (χ0v) is 11.7. The van der Waals surface area contributed by atoms with E-state index < -0.39 is 0 Å². The number of nitriles is 1. The lowest BCUT2D eigenvalue weighted by Crippen LogP contribution is -2.41. The van der Waals surface area contributed by atoms with E-state index in [0.29, 0.717) is 12.0 Å². The van der Waals surface area contributed by atoms with Crippen molar-refractivity contribution in [3.8, 4) is 6.07 Å². The summed E-state index contributed by atoms with van der Waals surface area (Å²) in [6.45, 7) is 7.19. The zero-order valence-electron chi connectivity index (χ0n) is 11.7. The summed E-state index contributed by atoms with van der Waals surface area (Å²) in [5.41, 5.74) is 0. The van der Waals surface area contributed by atoms with Crippen LogP contribution in [0, 0.1) is 23.2 Å². The van der Waals surface area contributed by atoms with Crippen LogP contribution in [-0.2, 0) is 0 Å². The number of rotatable bonds is 5. The fourth-order valence-electron chi connectivity index (χ4n) is 3.35. The number of nitrogens with one attached hydrogen (secondary N) is 1. The molecule has 3 nitrogen and oxygen atoms in total. The molecule has 0 spiro atoms. The largest absolute Gasteiger partial charge is 0.312 e. The van der Waals surface area contributed by atoms with Crippen LogP contribution >= 0.6 is 0 Å². The van der Waals surface area contributed by atoms with Gasteiger partial charge in [0.2, 0.25) is 0 Å². The molecular formula is C15H27N3. The molecule has 3 atom stereocenters. The highest BCUT2D eigenvalue weighted by Crippen LogP contribution is 2.23. The molecule has 102 valence electrons. The predicted octanol–water partition coefficient (Wildman–Crippen LogP) is 2.39. The number of likely N-dealkylation sites (tertiary alicyclic amines) is 1. The van der Waals surface area contributed by atoms with Crippen LogP contribution in [0.2, 0.25) is 0 Å². The monoisotopic (exact) mass is 249 g/mol. The van der Waals surface area contributed by atoms with Crippen molar-refractivity contribution in [3.63, 3.8) is 0 Å². The van der Waals surface area contributed by atoms with E-state index in [1.165, 1.54) is 51.7 Å². The predicted molar refractivity (Wildman–Crippen MR) is 74.2 cm³/mol. The Labute approximate surface area is 112 Å². The first-order chi connectivity index (χ1) is 8.79. The lowest BCUT2D eigenvalue weighted by molar-refractivity contribution is 0.256. The fourth-order valence-corrected chi connectivity index (χ4v) is 3.35. The molecule has 1 saturated heterocycles. The summed E-state index contributed by atoms with van der Waals surface area (Å²) in [6.07, 6.45) is 7.55. The molecule has 3 unspecified atom stereocenters. The highest BCUT2D eigenvalue weighted by Gasteiger charge is 2.25. The van der Waals surface area contributed by atoms with Gasteiger partial charge in [-0.3, -0.25) is 0 Å². The normalized spacial score (nSPS) is 31.1. The van der Waals surface area contributed by atoms with E-state index in [1.54, 1.807) is 0 Å². The van der Waals surface area contributed by atoms with Gasteiger partial charge in [-0.1, -0.05) is 19.8 Å². The third kappa shape index (κ3) is 3.96. The third-order valence-corrected chi connectivity index (χ3v) is 4.43. The van der Waals surface area contributed by atoms with Crippen LogP contribution in [-0.4, -0.2) is 37.1 Å². The second-order valence-corrected chi connectivity index (χ2v) is 6.15. The van der Waals surface area contributed by atoms with Gasteiger partial charge in [0, 0.05) is 12.6 Å². The second kappa shape index (κ2) is 7.11. The smallest absolute Gasteiger partial charge is 0.0672 e. The zero-order chi connectivity index (χ0) is 12.8. The highest BCUT2D eigenvalue weighted by molar-refractivity contribution is 4.94. The Morgan fingerprint density at radius 2 is 1.94 bits per heavy atom. The van der Waals surface area contributed by atoms with Crippen LogP contribution in [0.1, 0.15) is 45.4 Å². The third-order valence-electron chi connectivity index (χ3n) is 4.43. The van der Waals surface area contributed by atoms with E-state index in [4.69, 9.17) is 5.26 Å². The first-order valence-electron chi connectivity index (χ1n) is 7.65. The van der Waals surface area contributed by atoms with Gasteiger partial charge in [0.15, 0.2) is 0 Å². The summed E-state index contributed by atoms with van der Waals surface area (Å²) >= 11 is 0. The van der Waals surface area contributed by atoms with Gasteiger partial charge in [-0.2, -0.15) is 5.26 Å². The van der Waals surface area contributed by atoms with Gasteiger partial charge < -0.3 is 10.2 Å². The maximum atomic E-state index is 9.16. The fraction of sp³-hybridized carbons (Fsp3) is 0.933.